The topological polar surface area (TPSA) is 46.8 Å². The lowest BCUT2D eigenvalue weighted by Gasteiger charge is -2.31. The van der Waals surface area contributed by atoms with E-state index in [1.165, 1.54) is 25.7 Å². The Kier molecular flexibility index (Phi) is 4.25. The molecule has 0 unspecified atom stereocenters. The van der Waals surface area contributed by atoms with Gasteiger partial charge in [-0.25, -0.2) is 0 Å². The van der Waals surface area contributed by atoms with Crippen LogP contribution in [0.5, 0.6) is 0 Å². The van der Waals surface area contributed by atoms with Crippen molar-refractivity contribution in [3.8, 4) is 0 Å². The van der Waals surface area contributed by atoms with Gasteiger partial charge in [0.1, 0.15) is 0 Å². The lowest BCUT2D eigenvalue weighted by molar-refractivity contribution is 0.429. The van der Waals surface area contributed by atoms with Crippen molar-refractivity contribution < 1.29 is 0 Å². The molecule has 2 aliphatic rings. The maximum Gasteiger partial charge on any atom is 0.228 e. The van der Waals surface area contributed by atoms with Crippen LogP contribution in [0.15, 0.2) is 29.6 Å². The molecule has 23 heavy (non-hydrogen) atoms. The quantitative estimate of drug-likeness (QED) is 0.785. The minimum absolute atomic E-state index is 0.602. The molecule has 1 saturated heterocycles. The Bertz CT molecular complexity index is 644. The van der Waals surface area contributed by atoms with Crippen molar-refractivity contribution >= 4 is 17.7 Å². The van der Waals surface area contributed by atoms with Crippen LogP contribution in [-0.4, -0.2) is 32.8 Å². The standard InChI is InChI=1S/C17H23N5S/c1-13-7-10-21(11-8-13)16-19-20-17(22(16)15-5-6-15)23-12-14-4-2-3-9-18-14/h2-4,9,13,15H,5-8,10-12H2,1H3. The SMILES string of the molecule is CC1CCN(c2nnc(SCc3ccccn3)n2C2CC2)CC1. The second kappa shape index (κ2) is 6.51. The van der Waals surface area contributed by atoms with Crippen molar-refractivity contribution in [1.82, 2.24) is 19.7 Å². The summed E-state index contributed by atoms with van der Waals surface area (Å²) >= 11 is 1.75. The van der Waals surface area contributed by atoms with E-state index in [2.05, 4.69) is 37.6 Å². The first-order valence-corrected chi connectivity index (χ1v) is 9.52. The van der Waals surface area contributed by atoms with Gasteiger partial charge in [0.15, 0.2) is 5.16 Å². The summed E-state index contributed by atoms with van der Waals surface area (Å²) in [6, 6.07) is 6.66. The Morgan fingerprint density at radius 2 is 1.96 bits per heavy atom. The van der Waals surface area contributed by atoms with Crippen LogP contribution in [0.1, 0.15) is 44.3 Å². The molecular formula is C17H23N5S. The summed E-state index contributed by atoms with van der Waals surface area (Å²) in [6.45, 7) is 4.56. The fourth-order valence-corrected chi connectivity index (χ4v) is 3.98. The van der Waals surface area contributed by atoms with Gasteiger partial charge in [0, 0.05) is 31.1 Å². The number of hydrogen-bond donors (Lipinski definition) is 0. The van der Waals surface area contributed by atoms with Gasteiger partial charge in [0.05, 0.1) is 5.69 Å². The monoisotopic (exact) mass is 329 g/mol. The van der Waals surface area contributed by atoms with Gasteiger partial charge < -0.3 is 4.90 Å². The van der Waals surface area contributed by atoms with Crippen molar-refractivity contribution in [2.75, 3.05) is 18.0 Å². The van der Waals surface area contributed by atoms with Crippen LogP contribution in [0.2, 0.25) is 0 Å². The number of thioether (sulfide) groups is 1. The van der Waals surface area contributed by atoms with Crippen LogP contribution in [0.3, 0.4) is 0 Å². The van der Waals surface area contributed by atoms with E-state index < -0.39 is 0 Å². The molecule has 4 rings (SSSR count). The minimum Gasteiger partial charge on any atom is -0.341 e. The summed E-state index contributed by atoms with van der Waals surface area (Å²) in [7, 11) is 0. The van der Waals surface area contributed by atoms with E-state index in [1.807, 2.05) is 18.3 Å². The van der Waals surface area contributed by atoms with Crippen molar-refractivity contribution in [3.63, 3.8) is 0 Å². The zero-order valence-corrected chi connectivity index (χ0v) is 14.4. The minimum atomic E-state index is 0.602. The maximum atomic E-state index is 4.54. The molecule has 0 atom stereocenters. The molecule has 0 amide bonds. The summed E-state index contributed by atoms with van der Waals surface area (Å²) in [5.74, 6) is 2.77. The smallest absolute Gasteiger partial charge is 0.228 e. The van der Waals surface area contributed by atoms with E-state index in [-0.39, 0.29) is 0 Å². The lowest BCUT2D eigenvalue weighted by Crippen LogP contribution is -2.34. The molecule has 2 fully saturated rings. The Morgan fingerprint density at radius 1 is 1.13 bits per heavy atom. The molecule has 0 radical (unpaired) electrons. The number of aromatic nitrogens is 4. The van der Waals surface area contributed by atoms with Gasteiger partial charge in [-0.05, 0) is 43.7 Å². The molecule has 5 nitrogen and oxygen atoms in total. The predicted octanol–water partition coefficient (Wildman–Crippen LogP) is 3.54. The Hall–Kier alpha value is -1.56. The molecule has 0 bridgehead atoms. The van der Waals surface area contributed by atoms with Crippen LogP contribution >= 0.6 is 11.8 Å². The zero-order valence-electron chi connectivity index (χ0n) is 13.6. The summed E-state index contributed by atoms with van der Waals surface area (Å²) in [4.78, 5) is 6.83. The first kappa shape index (κ1) is 15.0. The van der Waals surface area contributed by atoms with Gasteiger partial charge in [0.25, 0.3) is 0 Å². The fraction of sp³-hybridized carbons (Fsp3) is 0.588. The summed E-state index contributed by atoms with van der Waals surface area (Å²) < 4.78 is 2.38. The molecule has 1 saturated carbocycles. The molecular weight excluding hydrogens is 306 g/mol. The molecule has 1 aliphatic heterocycles. The third kappa shape index (κ3) is 3.37. The zero-order chi connectivity index (χ0) is 15.6. The van der Waals surface area contributed by atoms with E-state index >= 15 is 0 Å². The summed E-state index contributed by atoms with van der Waals surface area (Å²) in [5, 5.41) is 10.1. The van der Waals surface area contributed by atoms with Gasteiger partial charge in [-0.1, -0.05) is 24.8 Å². The average Bonchev–Trinajstić information content (AvgIpc) is 3.34. The number of rotatable bonds is 5. The average molecular weight is 329 g/mol. The Morgan fingerprint density at radius 3 is 2.65 bits per heavy atom. The van der Waals surface area contributed by atoms with Gasteiger partial charge >= 0.3 is 0 Å². The number of piperidine rings is 1. The molecule has 0 aromatic carbocycles. The highest BCUT2D eigenvalue weighted by atomic mass is 32.2. The maximum absolute atomic E-state index is 4.54. The van der Waals surface area contributed by atoms with Crippen LogP contribution in [0.4, 0.5) is 5.95 Å². The first-order chi connectivity index (χ1) is 11.3. The van der Waals surface area contributed by atoms with Crippen molar-refractivity contribution in [3.05, 3.63) is 30.1 Å². The number of hydrogen-bond acceptors (Lipinski definition) is 5. The van der Waals surface area contributed by atoms with Crippen LogP contribution in [-0.2, 0) is 5.75 Å². The first-order valence-electron chi connectivity index (χ1n) is 8.54. The molecule has 122 valence electrons. The van der Waals surface area contributed by atoms with Crippen LogP contribution < -0.4 is 4.90 Å². The van der Waals surface area contributed by atoms with Gasteiger partial charge in [-0.3, -0.25) is 9.55 Å². The van der Waals surface area contributed by atoms with E-state index in [0.29, 0.717) is 6.04 Å². The second-order valence-electron chi connectivity index (χ2n) is 6.66. The molecule has 0 N–H and O–H groups in total. The lowest BCUT2D eigenvalue weighted by atomic mass is 10.00. The number of nitrogens with zero attached hydrogens (tertiary/aromatic N) is 5. The Balaban J connectivity index is 1.51. The Labute approximate surface area is 141 Å². The van der Waals surface area contributed by atoms with Gasteiger partial charge in [-0.15, -0.1) is 10.2 Å². The highest BCUT2D eigenvalue weighted by molar-refractivity contribution is 7.98. The van der Waals surface area contributed by atoms with E-state index in [9.17, 15) is 0 Å². The highest BCUT2D eigenvalue weighted by Crippen LogP contribution is 2.41. The molecule has 2 aromatic rings. The molecule has 2 aromatic heterocycles. The largest absolute Gasteiger partial charge is 0.341 e. The molecule has 6 heteroatoms. The fourth-order valence-electron chi connectivity index (χ4n) is 3.07. The molecule has 1 aliphatic carbocycles. The number of anilines is 1. The predicted molar refractivity (Wildman–Crippen MR) is 92.7 cm³/mol. The van der Waals surface area contributed by atoms with Gasteiger partial charge in [0.2, 0.25) is 5.95 Å². The van der Waals surface area contributed by atoms with E-state index in [1.54, 1.807) is 11.8 Å². The number of pyridine rings is 1. The third-order valence-corrected chi connectivity index (χ3v) is 5.68. The third-order valence-electron chi connectivity index (χ3n) is 4.70. The molecule has 0 spiro atoms. The molecule has 3 heterocycles. The second-order valence-corrected chi connectivity index (χ2v) is 7.61. The van der Waals surface area contributed by atoms with Crippen molar-refractivity contribution in [2.24, 2.45) is 5.92 Å². The van der Waals surface area contributed by atoms with Crippen LogP contribution in [0.25, 0.3) is 0 Å². The van der Waals surface area contributed by atoms with E-state index in [4.69, 9.17) is 0 Å². The van der Waals surface area contributed by atoms with Crippen LogP contribution in [0, 0.1) is 5.92 Å². The van der Waals surface area contributed by atoms with Crippen molar-refractivity contribution in [2.45, 2.75) is 49.6 Å². The summed E-state index contributed by atoms with van der Waals surface area (Å²) in [5.41, 5.74) is 1.09. The normalized spacial score (nSPS) is 19.3. The highest BCUT2D eigenvalue weighted by Gasteiger charge is 2.32. The van der Waals surface area contributed by atoms with Gasteiger partial charge in [-0.2, -0.15) is 0 Å². The van der Waals surface area contributed by atoms with Crippen molar-refractivity contribution in [1.29, 1.82) is 0 Å². The summed E-state index contributed by atoms with van der Waals surface area (Å²) in [6.07, 6.45) is 6.88. The van der Waals surface area contributed by atoms with E-state index in [0.717, 1.165) is 41.6 Å².